The van der Waals surface area contributed by atoms with Gasteiger partial charge < -0.3 is 4.74 Å². The monoisotopic (exact) mass is 430 g/mol. The fourth-order valence-electron chi connectivity index (χ4n) is 3.58. The van der Waals surface area contributed by atoms with Gasteiger partial charge in [-0.05, 0) is 49.9 Å². The van der Waals surface area contributed by atoms with Crippen LogP contribution in [0, 0.1) is 0 Å². The van der Waals surface area contributed by atoms with Crippen LogP contribution in [0.25, 0.3) is 11.1 Å². The maximum atomic E-state index is 12.4. The van der Waals surface area contributed by atoms with Crippen LogP contribution in [0.4, 0.5) is 0 Å². The Kier molecular flexibility index (Phi) is 8.25. The van der Waals surface area contributed by atoms with Gasteiger partial charge in [0.1, 0.15) is 0 Å². The molecular formula is C24H30O3S2. The second-order valence-electron chi connectivity index (χ2n) is 7.58. The van der Waals surface area contributed by atoms with Crippen LogP contribution < -0.4 is 0 Å². The van der Waals surface area contributed by atoms with E-state index in [1.165, 1.54) is 48.3 Å². The van der Waals surface area contributed by atoms with Gasteiger partial charge in [-0.1, -0.05) is 52.4 Å². The molecule has 0 unspecified atom stereocenters. The summed E-state index contributed by atoms with van der Waals surface area (Å²) in [6.07, 6.45) is 11.8. The average molecular weight is 431 g/mol. The molecular weight excluding hydrogens is 400 g/mol. The van der Waals surface area contributed by atoms with Crippen LogP contribution in [0.5, 0.6) is 0 Å². The van der Waals surface area contributed by atoms with Crippen LogP contribution in [-0.2, 0) is 27.2 Å². The highest BCUT2D eigenvalue weighted by Crippen LogP contribution is 2.39. The minimum Gasteiger partial charge on any atom is -0.386 e. The minimum atomic E-state index is -0.512. The Hall–Kier alpha value is -1.72. The highest BCUT2D eigenvalue weighted by molar-refractivity contribution is 7.15. The molecule has 1 aliphatic heterocycles. The lowest BCUT2D eigenvalue weighted by atomic mass is 10.1. The van der Waals surface area contributed by atoms with Gasteiger partial charge in [-0.15, -0.1) is 22.7 Å². The molecule has 1 aliphatic rings. The molecule has 156 valence electrons. The first kappa shape index (κ1) is 22.0. The smallest absolute Gasteiger partial charge is 0.348 e. The molecule has 0 aromatic carbocycles. The lowest BCUT2D eigenvalue weighted by Crippen LogP contribution is -2.01. The number of esters is 2. The van der Waals surface area contributed by atoms with E-state index >= 15 is 0 Å². The SMILES string of the molecule is CCCCCCc1ccc(C2=C(c3ccc(CCCCCC)s3)C(=O)OC2=O)s1. The van der Waals surface area contributed by atoms with Gasteiger partial charge in [0, 0.05) is 19.5 Å². The molecule has 0 spiro atoms. The van der Waals surface area contributed by atoms with Gasteiger partial charge in [0.05, 0.1) is 11.1 Å². The molecule has 0 aliphatic carbocycles. The zero-order chi connectivity index (χ0) is 20.6. The highest BCUT2D eigenvalue weighted by atomic mass is 32.1. The second-order valence-corrected chi connectivity index (χ2v) is 9.92. The van der Waals surface area contributed by atoms with Crippen molar-refractivity contribution < 1.29 is 14.3 Å². The summed E-state index contributed by atoms with van der Waals surface area (Å²) in [6.45, 7) is 4.42. The van der Waals surface area contributed by atoms with Gasteiger partial charge in [-0.3, -0.25) is 0 Å². The van der Waals surface area contributed by atoms with Gasteiger partial charge in [0.15, 0.2) is 0 Å². The zero-order valence-electron chi connectivity index (χ0n) is 17.4. The molecule has 0 N–H and O–H groups in total. The average Bonchev–Trinajstić information content (AvgIpc) is 3.41. The third kappa shape index (κ3) is 5.67. The van der Waals surface area contributed by atoms with Gasteiger partial charge in [-0.2, -0.15) is 0 Å². The lowest BCUT2D eigenvalue weighted by Gasteiger charge is -1.99. The van der Waals surface area contributed by atoms with Gasteiger partial charge >= 0.3 is 11.9 Å². The van der Waals surface area contributed by atoms with E-state index in [4.69, 9.17) is 4.74 Å². The van der Waals surface area contributed by atoms with Crippen LogP contribution in [0.3, 0.4) is 0 Å². The Morgan fingerprint density at radius 3 is 1.52 bits per heavy atom. The molecule has 2 aromatic rings. The molecule has 2 aromatic heterocycles. The molecule has 29 heavy (non-hydrogen) atoms. The van der Waals surface area contributed by atoms with E-state index in [1.807, 2.05) is 12.1 Å². The van der Waals surface area contributed by atoms with Crippen molar-refractivity contribution in [3.05, 3.63) is 43.8 Å². The van der Waals surface area contributed by atoms with Crippen LogP contribution in [0.15, 0.2) is 24.3 Å². The van der Waals surface area contributed by atoms with E-state index < -0.39 is 11.9 Å². The largest absolute Gasteiger partial charge is 0.386 e. The maximum absolute atomic E-state index is 12.4. The van der Waals surface area contributed by atoms with Crippen molar-refractivity contribution >= 4 is 45.8 Å². The normalized spacial score (nSPS) is 14.1. The summed E-state index contributed by atoms with van der Waals surface area (Å²) >= 11 is 3.22. The number of hydrogen-bond acceptors (Lipinski definition) is 5. The molecule has 0 saturated heterocycles. The van der Waals surface area contributed by atoms with E-state index in [1.54, 1.807) is 22.7 Å². The van der Waals surface area contributed by atoms with E-state index in [0.29, 0.717) is 11.1 Å². The summed E-state index contributed by atoms with van der Waals surface area (Å²) in [4.78, 5) is 29.1. The zero-order valence-corrected chi connectivity index (χ0v) is 19.1. The Labute approximate surface area is 181 Å². The number of ether oxygens (including phenoxy) is 1. The Balaban J connectivity index is 1.77. The van der Waals surface area contributed by atoms with E-state index in [0.717, 1.165) is 35.4 Å². The van der Waals surface area contributed by atoms with Crippen molar-refractivity contribution in [2.45, 2.75) is 78.1 Å². The van der Waals surface area contributed by atoms with Gasteiger partial charge in [0.25, 0.3) is 0 Å². The Morgan fingerprint density at radius 2 is 1.10 bits per heavy atom. The summed E-state index contributed by atoms with van der Waals surface area (Å²) in [7, 11) is 0. The lowest BCUT2D eigenvalue weighted by molar-refractivity contribution is -0.149. The van der Waals surface area contributed by atoms with Crippen molar-refractivity contribution in [1.29, 1.82) is 0 Å². The van der Waals surface area contributed by atoms with E-state index in [2.05, 4.69) is 26.0 Å². The van der Waals surface area contributed by atoms with Gasteiger partial charge in [-0.25, -0.2) is 9.59 Å². The van der Waals surface area contributed by atoms with Crippen molar-refractivity contribution in [1.82, 2.24) is 0 Å². The predicted molar refractivity (Wildman–Crippen MR) is 122 cm³/mol. The maximum Gasteiger partial charge on any atom is 0.348 e. The summed E-state index contributed by atoms with van der Waals surface area (Å²) < 4.78 is 5.00. The number of carbonyl (C=O) groups excluding carboxylic acids is 2. The first-order valence-corrected chi connectivity index (χ1v) is 12.5. The molecule has 0 radical (unpaired) electrons. The summed E-state index contributed by atoms with van der Waals surface area (Å²) in [5.74, 6) is -1.02. The fourth-order valence-corrected chi connectivity index (χ4v) is 5.76. The molecule has 0 atom stereocenters. The Morgan fingerprint density at radius 1 is 0.655 bits per heavy atom. The van der Waals surface area contributed by atoms with E-state index in [-0.39, 0.29) is 0 Å². The molecule has 5 heteroatoms. The molecule has 0 fully saturated rings. The second kappa shape index (κ2) is 10.9. The number of cyclic esters (lactones) is 2. The minimum absolute atomic E-state index is 0.444. The summed E-state index contributed by atoms with van der Waals surface area (Å²) in [5, 5.41) is 0. The number of aryl methyl sites for hydroxylation is 2. The van der Waals surface area contributed by atoms with Crippen LogP contribution in [0.1, 0.15) is 84.7 Å². The molecule has 3 heterocycles. The van der Waals surface area contributed by atoms with Crippen molar-refractivity contribution in [2.24, 2.45) is 0 Å². The topological polar surface area (TPSA) is 43.4 Å². The summed E-state index contributed by atoms with van der Waals surface area (Å²) in [6, 6.07) is 8.10. The summed E-state index contributed by atoms with van der Waals surface area (Å²) in [5.41, 5.74) is 0.887. The molecule has 3 rings (SSSR count). The highest BCUT2D eigenvalue weighted by Gasteiger charge is 2.36. The number of thiophene rings is 2. The quantitative estimate of drug-likeness (QED) is 0.206. The van der Waals surface area contributed by atoms with Crippen molar-refractivity contribution in [3.63, 3.8) is 0 Å². The number of hydrogen-bond donors (Lipinski definition) is 0. The molecule has 3 nitrogen and oxygen atoms in total. The first-order valence-electron chi connectivity index (χ1n) is 10.8. The Bertz CT molecular complexity index is 802. The number of rotatable bonds is 12. The number of unbranched alkanes of at least 4 members (excludes halogenated alkanes) is 6. The van der Waals surface area contributed by atoms with Gasteiger partial charge in [0.2, 0.25) is 0 Å². The van der Waals surface area contributed by atoms with Crippen molar-refractivity contribution in [3.8, 4) is 0 Å². The van der Waals surface area contributed by atoms with Crippen molar-refractivity contribution in [2.75, 3.05) is 0 Å². The molecule has 0 amide bonds. The molecule has 0 bridgehead atoms. The van der Waals surface area contributed by atoms with E-state index in [9.17, 15) is 9.59 Å². The standard InChI is InChI=1S/C24H30O3S2/c1-3-5-7-9-11-17-13-15-19(28-17)21-22(24(26)27-23(21)25)20-16-14-18(29-20)12-10-8-6-4-2/h13-16H,3-12H2,1-2H3. The van der Waals surface area contributed by atoms with Crippen LogP contribution >= 0.6 is 22.7 Å². The fraction of sp³-hybridized carbons (Fsp3) is 0.500. The third-order valence-electron chi connectivity index (χ3n) is 5.21. The predicted octanol–water partition coefficient (Wildman–Crippen LogP) is 7.05. The third-order valence-corrected chi connectivity index (χ3v) is 7.54. The van der Waals surface area contributed by atoms with Crippen LogP contribution in [0.2, 0.25) is 0 Å². The molecule has 0 saturated carbocycles. The van der Waals surface area contributed by atoms with Crippen LogP contribution in [-0.4, -0.2) is 11.9 Å². The number of carbonyl (C=O) groups is 2. The first-order chi connectivity index (χ1) is 14.1.